The lowest BCUT2D eigenvalue weighted by molar-refractivity contribution is -0.108. The van der Waals surface area contributed by atoms with E-state index >= 15 is 0 Å². The van der Waals surface area contributed by atoms with Crippen LogP contribution in [0.15, 0.2) is 0 Å². The fourth-order valence-electron chi connectivity index (χ4n) is 0.0794. The van der Waals surface area contributed by atoms with Crippen molar-refractivity contribution in [3.63, 3.8) is 0 Å². The molecule has 0 fully saturated rings. The van der Waals surface area contributed by atoms with E-state index in [0.717, 1.165) is 0 Å². The maximum atomic E-state index is 9.37. The summed E-state index contributed by atoms with van der Waals surface area (Å²) < 4.78 is 0. The first-order valence-electron chi connectivity index (χ1n) is 1.53. The fourth-order valence-corrected chi connectivity index (χ4v) is 0.152. The molecule has 0 aliphatic heterocycles. The second-order valence-electron chi connectivity index (χ2n) is 0.837. The Morgan fingerprint density at radius 2 is 2.50 bits per heavy atom. The first kappa shape index (κ1) is 5.92. The number of alkyl halides is 1. The second kappa shape index (κ2) is 3.12. The van der Waals surface area contributed by atoms with Crippen molar-refractivity contribution in [1.29, 1.82) is 0 Å². The molecular weight excluding hydrogens is 103 g/mol. The lowest BCUT2D eigenvalue weighted by atomic mass is 10.5. The van der Waals surface area contributed by atoms with Gasteiger partial charge in [-0.2, -0.15) is 0 Å². The van der Waals surface area contributed by atoms with Gasteiger partial charge < -0.3 is 9.90 Å². The Kier molecular flexibility index (Phi) is 3.08. The van der Waals surface area contributed by atoms with Crippen LogP contribution in [0.5, 0.6) is 0 Å². The Labute approximate surface area is 40.7 Å². The summed E-state index contributed by atoms with van der Waals surface area (Å²) in [5.74, 6) is 0. The van der Waals surface area contributed by atoms with Crippen molar-refractivity contribution in [3.8, 4) is 0 Å². The van der Waals surface area contributed by atoms with Crippen LogP contribution >= 0.6 is 11.6 Å². The molecule has 0 aromatic heterocycles. The fraction of sp³-hybridized carbons (Fsp3) is 0.667. The first-order chi connectivity index (χ1) is 2.77. The maximum absolute atomic E-state index is 9.37. The molecule has 3 heteroatoms. The number of aliphatic hydroxyl groups is 1. The van der Waals surface area contributed by atoms with Gasteiger partial charge in [0.05, 0.1) is 0 Å². The van der Waals surface area contributed by atoms with Gasteiger partial charge in [-0.1, -0.05) is 11.6 Å². The van der Waals surface area contributed by atoms with Crippen LogP contribution < -0.4 is 0 Å². The SMILES string of the molecule is O=CCC(O)Cl. The molecule has 0 aliphatic rings. The number of carbonyl (C=O) groups excluding carboxylic acids is 1. The summed E-state index contributed by atoms with van der Waals surface area (Å²) in [6.45, 7) is 0. The van der Waals surface area contributed by atoms with Gasteiger partial charge in [-0.15, -0.1) is 0 Å². The Hall–Kier alpha value is -0.0800. The molecule has 0 saturated carbocycles. The number of aldehydes is 1. The standard InChI is InChI=1S/C3H5ClO2/c4-3(6)1-2-5/h2-3,6H,1H2. The summed E-state index contributed by atoms with van der Waals surface area (Å²) in [5, 5.41) is 8.09. The predicted molar refractivity (Wildman–Crippen MR) is 22.5 cm³/mol. The summed E-state index contributed by atoms with van der Waals surface area (Å²) in [6, 6.07) is 0. The van der Waals surface area contributed by atoms with Crippen LogP contribution in [0, 0.1) is 0 Å². The number of halogens is 1. The molecule has 0 heterocycles. The van der Waals surface area contributed by atoms with Crippen LogP contribution in [0.3, 0.4) is 0 Å². The molecule has 0 aliphatic carbocycles. The zero-order chi connectivity index (χ0) is 4.99. The van der Waals surface area contributed by atoms with Crippen molar-refractivity contribution in [2.75, 3.05) is 0 Å². The molecule has 1 unspecified atom stereocenters. The molecular formula is C3H5ClO2. The monoisotopic (exact) mass is 108 g/mol. The van der Waals surface area contributed by atoms with Gasteiger partial charge in [-0.05, 0) is 0 Å². The molecule has 0 radical (unpaired) electrons. The average molecular weight is 109 g/mol. The highest BCUT2D eigenvalue weighted by Crippen LogP contribution is 1.90. The maximum Gasteiger partial charge on any atom is 0.134 e. The van der Waals surface area contributed by atoms with E-state index in [1.54, 1.807) is 0 Å². The lowest BCUT2D eigenvalue weighted by Gasteiger charge is -1.86. The van der Waals surface area contributed by atoms with Gasteiger partial charge in [0.15, 0.2) is 0 Å². The van der Waals surface area contributed by atoms with E-state index in [-0.39, 0.29) is 6.42 Å². The summed E-state index contributed by atoms with van der Waals surface area (Å²) >= 11 is 4.90. The largest absolute Gasteiger partial charge is 0.377 e. The number of aliphatic hydroxyl groups excluding tert-OH is 1. The minimum Gasteiger partial charge on any atom is -0.377 e. The molecule has 1 N–H and O–H groups in total. The Balaban J connectivity index is 2.81. The van der Waals surface area contributed by atoms with E-state index in [1.165, 1.54) is 0 Å². The molecule has 0 saturated heterocycles. The highest BCUT2D eigenvalue weighted by Gasteiger charge is 1.90. The molecule has 0 spiro atoms. The van der Waals surface area contributed by atoms with Crippen molar-refractivity contribution in [2.45, 2.75) is 12.0 Å². The van der Waals surface area contributed by atoms with Crippen LogP contribution in [-0.2, 0) is 4.79 Å². The van der Waals surface area contributed by atoms with Crippen molar-refractivity contribution < 1.29 is 9.90 Å². The molecule has 0 bridgehead atoms. The van der Waals surface area contributed by atoms with Crippen molar-refractivity contribution in [3.05, 3.63) is 0 Å². The molecule has 1 atom stereocenters. The van der Waals surface area contributed by atoms with E-state index in [1.807, 2.05) is 0 Å². The molecule has 36 valence electrons. The molecule has 0 rings (SSSR count). The molecule has 0 aromatic rings. The van der Waals surface area contributed by atoms with Crippen LogP contribution in [0.4, 0.5) is 0 Å². The third-order valence-corrected chi connectivity index (χ3v) is 0.469. The van der Waals surface area contributed by atoms with Crippen molar-refractivity contribution in [2.24, 2.45) is 0 Å². The van der Waals surface area contributed by atoms with Gasteiger partial charge in [-0.3, -0.25) is 0 Å². The number of hydrogen-bond acceptors (Lipinski definition) is 2. The molecule has 0 amide bonds. The summed E-state index contributed by atoms with van der Waals surface area (Å²) in [4.78, 5) is 9.37. The molecule has 0 aromatic carbocycles. The van der Waals surface area contributed by atoms with Gasteiger partial charge >= 0.3 is 0 Å². The third kappa shape index (κ3) is 3.92. The number of carbonyl (C=O) groups is 1. The third-order valence-electron chi connectivity index (χ3n) is 0.291. The normalized spacial score (nSPS) is 13.7. The topological polar surface area (TPSA) is 37.3 Å². The highest BCUT2D eigenvalue weighted by molar-refractivity contribution is 6.20. The van der Waals surface area contributed by atoms with Crippen molar-refractivity contribution in [1.82, 2.24) is 0 Å². The zero-order valence-electron chi connectivity index (χ0n) is 3.10. The minimum atomic E-state index is -0.998. The van der Waals surface area contributed by atoms with E-state index in [9.17, 15) is 4.79 Å². The van der Waals surface area contributed by atoms with Gasteiger partial charge in [0.25, 0.3) is 0 Å². The van der Waals surface area contributed by atoms with Gasteiger partial charge in [0.2, 0.25) is 0 Å². The second-order valence-corrected chi connectivity index (χ2v) is 1.34. The van der Waals surface area contributed by atoms with Gasteiger partial charge in [0.1, 0.15) is 11.8 Å². The summed E-state index contributed by atoms with van der Waals surface area (Å²) in [5.41, 5.74) is -0.998. The van der Waals surface area contributed by atoms with Crippen LogP contribution in [0.2, 0.25) is 0 Å². The Morgan fingerprint density at radius 1 is 2.00 bits per heavy atom. The van der Waals surface area contributed by atoms with E-state index in [4.69, 9.17) is 16.7 Å². The number of hydrogen-bond donors (Lipinski definition) is 1. The Bertz CT molecular complexity index is 44.1. The first-order valence-corrected chi connectivity index (χ1v) is 1.97. The summed E-state index contributed by atoms with van der Waals surface area (Å²) in [6.07, 6.45) is 0.583. The van der Waals surface area contributed by atoms with Gasteiger partial charge in [0, 0.05) is 6.42 Å². The Morgan fingerprint density at radius 3 is 2.50 bits per heavy atom. The van der Waals surface area contributed by atoms with Crippen LogP contribution in [-0.4, -0.2) is 17.0 Å². The van der Waals surface area contributed by atoms with E-state index in [2.05, 4.69) is 0 Å². The van der Waals surface area contributed by atoms with E-state index in [0.29, 0.717) is 6.29 Å². The smallest absolute Gasteiger partial charge is 0.134 e. The van der Waals surface area contributed by atoms with Crippen LogP contribution in [0.25, 0.3) is 0 Å². The molecule has 6 heavy (non-hydrogen) atoms. The number of rotatable bonds is 2. The van der Waals surface area contributed by atoms with Gasteiger partial charge in [-0.25, -0.2) is 0 Å². The zero-order valence-corrected chi connectivity index (χ0v) is 3.85. The van der Waals surface area contributed by atoms with Crippen molar-refractivity contribution >= 4 is 17.9 Å². The lowest BCUT2D eigenvalue weighted by Crippen LogP contribution is -1.93. The summed E-state index contributed by atoms with van der Waals surface area (Å²) in [7, 11) is 0. The predicted octanol–water partition coefficient (Wildman–Crippen LogP) is 0.133. The average Bonchev–Trinajstić information content (AvgIpc) is 1.35. The highest BCUT2D eigenvalue weighted by atomic mass is 35.5. The minimum absolute atomic E-state index is 0.0154. The van der Waals surface area contributed by atoms with Crippen LogP contribution in [0.1, 0.15) is 6.42 Å². The molecule has 2 nitrogen and oxygen atoms in total. The quantitative estimate of drug-likeness (QED) is 0.403. The van der Waals surface area contributed by atoms with E-state index < -0.39 is 5.56 Å².